The highest BCUT2D eigenvalue weighted by Crippen LogP contribution is 2.15. The second-order valence-electron chi connectivity index (χ2n) is 2.97. The van der Waals surface area contributed by atoms with Gasteiger partial charge < -0.3 is 10.5 Å². The molecule has 2 nitrogen and oxygen atoms in total. The fourth-order valence-electron chi connectivity index (χ4n) is 0.927. The average Bonchev–Trinajstić information content (AvgIpc) is 2.03. The van der Waals surface area contributed by atoms with Gasteiger partial charge in [-0.3, -0.25) is 0 Å². The number of halogens is 3. The quantitative estimate of drug-likeness (QED) is 0.663. The lowest BCUT2D eigenvalue weighted by atomic mass is 10.0. The van der Waals surface area contributed by atoms with Crippen LogP contribution in [0.5, 0.6) is 0 Å². The molecule has 13 heavy (non-hydrogen) atoms. The van der Waals surface area contributed by atoms with E-state index in [1.165, 1.54) is 0 Å². The standard InChI is InChI=1S/C8H16F3NO/c1-2-7(5-12)3-4-13-6-8(9,10)11/h7H,2-6,12H2,1H3. The summed E-state index contributed by atoms with van der Waals surface area (Å²) in [6.45, 7) is 1.44. The van der Waals surface area contributed by atoms with Crippen LogP contribution in [0.1, 0.15) is 19.8 Å². The van der Waals surface area contributed by atoms with Crippen LogP contribution >= 0.6 is 0 Å². The summed E-state index contributed by atoms with van der Waals surface area (Å²) >= 11 is 0. The fraction of sp³-hybridized carbons (Fsp3) is 1.00. The molecule has 0 bridgehead atoms. The second-order valence-corrected chi connectivity index (χ2v) is 2.97. The fourth-order valence-corrected chi connectivity index (χ4v) is 0.927. The van der Waals surface area contributed by atoms with Gasteiger partial charge >= 0.3 is 6.18 Å². The van der Waals surface area contributed by atoms with E-state index in [4.69, 9.17) is 5.73 Å². The molecular weight excluding hydrogens is 183 g/mol. The van der Waals surface area contributed by atoms with Gasteiger partial charge in [0, 0.05) is 6.61 Å². The molecule has 0 rings (SSSR count). The zero-order chi connectivity index (χ0) is 10.3. The van der Waals surface area contributed by atoms with Crippen LogP contribution in [0.25, 0.3) is 0 Å². The number of rotatable bonds is 6. The molecule has 1 atom stereocenters. The highest BCUT2D eigenvalue weighted by atomic mass is 19.4. The Morgan fingerprint density at radius 3 is 2.38 bits per heavy atom. The van der Waals surface area contributed by atoms with Crippen LogP contribution in [-0.2, 0) is 4.74 Å². The van der Waals surface area contributed by atoms with Crippen molar-refractivity contribution in [2.75, 3.05) is 19.8 Å². The number of ether oxygens (including phenoxy) is 1. The van der Waals surface area contributed by atoms with Crippen molar-refractivity contribution in [2.24, 2.45) is 11.7 Å². The molecule has 5 heteroatoms. The normalized spacial score (nSPS) is 14.5. The number of nitrogens with two attached hydrogens (primary N) is 1. The first-order valence-corrected chi connectivity index (χ1v) is 4.34. The van der Waals surface area contributed by atoms with E-state index < -0.39 is 12.8 Å². The number of alkyl halides is 3. The zero-order valence-electron chi connectivity index (χ0n) is 7.73. The molecule has 1 unspecified atom stereocenters. The van der Waals surface area contributed by atoms with Gasteiger partial charge in [-0.1, -0.05) is 13.3 Å². The molecule has 0 amide bonds. The molecule has 0 spiro atoms. The first-order chi connectivity index (χ1) is 5.99. The molecule has 0 aliphatic heterocycles. The summed E-state index contributed by atoms with van der Waals surface area (Å²) in [5.41, 5.74) is 5.37. The van der Waals surface area contributed by atoms with E-state index in [0.29, 0.717) is 13.0 Å². The Kier molecular flexibility index (Phi) is 6.07. The first kappa shape index (κ1) is 12.7. The Morgan fingerprint density at radius 1 is 1.38 bits per heavy atom. The lowest BCUT2D eigenvalue weighted by Crippen LogP contribution is -2.20. The van der Waals surface area contributed by atoms with Crippen molar-refractivity contribution < 1.29 is 17.9 Å². The van der Waals surface area contributed by atoms with E-state index in [0.717, 1.165) is 6.42 Å². The molecule has 0 aromatic rings. The molecule has 0 saturated carbocycles. The second kappa shape index (κ2) is 6.21. The SMILES string of the molecule is CCC(CN)CCOCC(F)(F)F. The molecule has 0 aliphatic carbocycles. The average molecular weight is 199 g/mol. The molecule has 0 aromatic carbocycles. The van der Waals surface area contributed by atoms with E-state index >= 15 is 0 Å². The van der Waals surface area contributed by atoms with Gasteiger partial charge in [-0.25, -0.2) is 0 Å². The summed E-state index contributed by atoms with van der Waals surface area (Å²) in [5, 5.41) is 0. The van der Waals surface area contributed by atoms with Gasteiger partial charge in [0.05, 0.1) is 0 Å². The Labute approximate surface area is 76.2 Å². The maximum absolute atomic E-state index is 11.6. The van der Waals surface area contributed by atoms with Crippen LogP contribution in [-0.4, -0.2) is 25.9 Å². The maximum Gasteiger partial charge on any atom is 0.411 e. The van der Waals surface area contributed by atoms with Crippen molar-refractivity contribution in [3.63, 3.8) is 0 Å². The van der Waals surface area contributed by atoms with Crippen molar-refractivity contribution in [1.82, 2.24) is 0 Å². The minimum atomic E-state index is -4.22. The number of hydrogen-bond donors (Lipinski definition) is 1. The lowest BCUT2D eigenvalue weighted by Gasteiger charge is -2.12. The number of hydrogen-bond acceptors (Lipinski definition) is 2. The summed E-state index contributed by atoms with van der Waals surface area (Å²) in [4.78, 5) is 0. The molecule has 0 aliphatic rings. The van der Waals surface area contributed by atoms with E-state index in [1.807, 2.05) is 6.92 Å². The van der Waals surface area contributed by atoms with Gasteiger partial charge in [-0.2, -0.15) is 13.2 Å². The van der Waals surface area contributed by atoms with Crippen molar-refractivity contribution in [3.8, 4) is 0 Å². The third kappa shape index (κ3) is 8.05. The Balaban J connectivity index is 3.34. The third-order valence-corrected chi connectivity index (χ3v) is 1.85. The van der Waals surface area contributed by atoms with Crippen LogP contribution < -0.4 is 5.73 Å². The van der Waals surface area contributed by atoms with Gasteiger partial charge in [0.2, 0.25) is 0 Å². The Bertz CT molecular complexity index is 123. The monoisotopic (exact) mass is 199 g/mol. The van der Waals surface area contributed by atoms with Crippen LogP contribution in [0.15, 0.2) is 0 Å². The van der Waals surface area contributed by atoms with Gasteiger partial charge in [0.15, 0.2) is 0 Å². The maximum atomic E-state index is 11.6. The van der Waals surface area contributed by atoms with Crippen LogP contribution in [0.4, 0.5) is 13.2 Å². The lowest BCUT2D eigenvalue weighted by molar-refractivity contribution is -0.174. The van der Waals surface area contributed by atoms with Gasteiger partial charge in [0.1, 0.15) is 6.61 Å². The predicted molar refractivity (Wildman–Crippen MR) is 44.3 cm³/mol. The zero-order valence-corrected chi connectivity index (χ0v) is 7.73. The van der Waals surface area contributed by atoms with Gasteiger partial charge in [-0.05, 0) is 18.9 Å². The molecule has 0 fully saturated rings. The predicted octanol–water partition coefficient (Wildman–Crippen LogP) is 1.94. The molecular formula is C8H16F3NO. The third-order valence-electron chi connectivity index (χ3n) is 1.85. The molecule has 80 valence electrons. The highest BCUT2D eigenvalue weighted by molar-refractivity contribution is 4.57. The van der Waals surface area contributed by atoms with Crippen molar-refractivity contribution in [1.29, 1.82) is 0 Å². The van der Waals surface area contributed by atoms with Crippen LogP contribution in [0, 0.1) is 5.92 Å². The summed E-state index contributed by atoms with van der Waals surface area (Å²) in [5.74, 6) is 0.272. The summed E-state index contributed by atoms with van der Waals surface area (Å²) < 4.78 is 39.2. The summed E-state index contributed by atoms with van der Waals surface area (Å²) in [7, 11) is 0. The van der Waals surface area contributed by atoms with Crippen molar-refractivity contribution in [2.45, 2.75) is 25.9 Å². The summed E-state index contributed by atoms with van der Waals surface area (Å²) in [6.07, 6.45) is -2.74. The van der Waals surface area contributed by atoms with E-state index in [1.54, 1.807) is 0 Å². The molecule has 0 aromatic heterocycles. The Morgan fingerprint density at radius 2 is 2.00 bits per heavy atom. The Hall–Kier alpha value is -0.290. The molecule has 0 heterocycles. The van der Waals surface area contributed by atoms with E-state index in [-0.39, 0.29) is 12.5 Å². The first-order valence-electron chi connectivity index (χ1n) is 4.34. The molecule has 2 N–H and O–H groups in total. The topological polar surface area (TPSA) is 35.2 Å². The molecule has 0 radical (unpaired) electrons. The minimum Gasteiger partial charge on any atom is -0.372 e. The van der Waals surface area contributed by atoms with Gasteiger partial charge in [-0.15, -0.1) is 0 Å². The van der Waals surface area contributed by atoms with E-state index in [2.05, 4.69) is 4.74 Å². The smallest absolute Gasteiger partial charge is 0.372 e. The van der Waals surface area contributed by atoms with E-state index in [9.17, 15) is 13.2 Å². The van der Waals surface area contributed by atoms with Crippen LogP contribution in [0.3, 0.4) is 0 Å². The highest BCUT2D eigenvalue weighted by Gasteiger charge is 2.27. The van der Waals surface area contributed by atoms with Gasteiger partial charge in [0.25, 0.3) is 0 Å². The van der Waals surface area contributed by atoms with Crippen LogP contribution in [0.2, 0.25) is 0 Å². The molecule has 0 saturated heterocycles. The van der Waals surface area contributed by atoms with Crippen molar-refractivity contribution in [3.05, 3.63) is 0 Å². The largest absolute Gasteiger partial charge is 0.411 e. The summed E-state index contributed by atoms with van der Waals surface area (Å²) in [6, 6.07) is 0. The minimum absolute atomic E-state index is 0.134. The van der Waals surface area contributed by atoms with Crippen molar-refractivity contribution >= 4 is 0 Å².